The zero-order valence-electron chi connectivity index (χ0n) is 21.8. The van der Waals surface area contributed by atoms with Crippen LogP contribution in [-0.2, 0) is 0 Å². The van der Waals surface area contributed by atoms with Crippen LogP contribution in [0.1, 0.15) is 26.3 Å². The molecule has 196 valence electrons. The number of thiocarbonyl (C=S) groups is 1. The second-order valence-corrected chi connectivity index (χ2v) is 9.90. The molecule has 0 bridgehead atoms. The summed E-state index contributed by atoms with van der Waals surface area (Å²) >= 11 is 5.37. The number of amides is 2. The number of aryl methyl sites for hydroxylation is 1. The van der Waals surface area contributed by atoms with Gasteiger partial charge in [-0.25, -0.2) is 0 Å². The van der Waals surface area contributed by atoms with Crippen molar-refractivity contribution in [3.05, 3.63) is 120 Å². The Hall–Kier alpha value is -4.49. The molecule has 7 heteroatoms. The Balaban J connectivity index is 1.11. The molecule has 2 amide bonds. The summed E-state index contributed by atoms with van der Waals surface area (Å²) in [6.45, 7) is 4.86. The first-order valence-electron chi connectivity index (χ1n) is 13.0. The Morgan fingerprint density at radius 2 is 1.33 bits per heavy atom. The molecule has 1 saturated heterocycles. The summed E-state index contributed by atoms with van der Waals surface area (Å²) in [5.74, 6) is -0.170. The van der Waals surface area contributed by atoms with Crippen LogP contribution in [0.2, 0.25) is 0 Å². The lowest BCUT2D eigenvalue weighted by Crippen LogP contribution is -2.48. The number of nitrogens with one attached hydrogen (secondary N) is 2. The number of anilines is 2. The summed E-state index contributed by atoms with van der Waals surface area (Å²) in [5.41, 5.74) is 6.33. The lowest BCUT2D eigenvalue weighted by molar-refractivity contribution is 0.0746. The Kier molecular flexibility index (Phi) is 7.99. The number of carbonyl (C=O) groups is 2. The molecule has 0 aromatic heterocycles. The Bertz CT molecular complexity index is 1460. The molecule has 1 fully saturated rings. The van der Waals surface area contributed by atoms with Crippen LogP contribution in [0.3, 0.4) is 0 Å². The van der Waals surface area contributed by atoms with Crippen molar-refractivity contribution >= 4 is 40.5 Å². The molecule has 1 aliphatic heterocycles. The maximum Gasteiger partial charge on any atom is 0.257 e. The van der Waals surface area contributed by atoms with Crippen molar-refractivity contribution in [1.29, 1.82) is 0 Å². The van der Waals surface area contributed by atoms with Gasteiger partial charge in [-0.2, -0.15) is 0 Å². The summed E-state index contributed by atoms with van der Waals surface area (Å²) in [6, 6.07) is 33.1. The zero-order valence-corrected chi connectivity index (χ0v) is 22.6. The molecular formula is C32H30N4O2S. The molecule has 5 rings (SSSR count). The second-order valence-electron chi connectivity index (χ2n) is 9.49. The van der Waals surface area contributed by atoms with E-state index in [0.717, 1.165) is 46.7 Å². The van der Waals surface area contributed by atoms with E-state index in [-0.39, 0.29) is 16.9 Å². The molecule has 0 unspecified atom stereocenters. The minimum Gasteiger partial charge on any atom is -0.368 e. The van der Waals surface area contributed by atoms with Gasteiger partial charge in [0.25, 0.3) is 11.8 Å². The van der Waals surface area contributed by atoms with E-state index in [4.69, 9.17) is 12.2 Å². The van der Waals surface area contributed by atoms with Crippen LogP contribution in [0, 0.1) is 6.92 Å². The normalized spacial score (nSPS) is 13.1. The van der Waals surface area contributed by atoms with E-state index >= 15 is 0 Å². The van der Waals surface area contributed by atoms with E-state index in [1.54, 1.807) is 12.1 Å². The quantitative estimate of drug-likeness (QED) is 0.319. The van der Waals surface area contributed by atoms with Gasteiger partial charge in [0.05, 0.1) is 0 Å². The van der Waals surface area contributed by atoms with Crippen LogP contribution < -0.4 is 15.5 Å². The topological polar surface area (TPSA) is 64.7 Å². The summed E-state index contributed by atoms with van der Waals surface area (Å²) in [6.07, 6.45) is 0. The minimum atomic E-state index is -0.262. The van der Waals surface area contributed by atoms with E-state index in [2.05, 4.69) is 15.5 Å². The van der Waals surface area contributed by atoms with Gasteiger partial charge in [0, 0.05) is 48.7 Å². The molecule has 0 saturated carbocycles. The molecule has 4 aromatic carbocycles. The molecule has 39 heavy (non-hydrogen) atoms. The second kappa shape index (κ2) is 11.9. The fourth-order valence-corrected chi connectivity index (χ4v) is 4.90. The number of benzene rings is 4. The highest BCUT2D eigenvalue weighted by atomic mass is 32.1. The molecular weight excluding hydrogens is 504 g/mol. The predicted octanol–water partition coefficient (Wildman–Crippen LogP) is 5.75. The molecule has 0 spiro atoms. The minimum absolute atomic E-state index is 0.0926. The summed E-state index contributed by atoms with van der Waals surface area (Å²) in [7, 11) is 0. The average Bonchev–Trinajstić information content (AvgIpc) is 2.98. The first-order chi connectivity index (χ1) is 19.0. The number of nitrogens with zero attached hydrogens (tertiary/aromatic N) is 2. The smallest absolute Gasteiger partial charge is 0.257 e. The maximum atomic E-state index is 12.9. The van der Waals surface area contributed by atoms with Gasteiger partial charge in [-0.15, -0.1) is 0 Å². The molecule has 4 aromatic rings. The molecule has 0 atom stereocenters. The molecule has 0 radical (unpaired) electrons. The standard InChI is InChI=1S/C32H30N4O2S/c1-23-7-5-6-10-29(23)31(38)36-21-19-35(20-22-36)28-17-15-27(16-18-28)33-32(39)34-30(37)26-13-11-25(12-14-26)24-8-3-2-4-9-24/h2-18H,19-22H2,1H3,(H2,33,34,37,39). The van der Waals surface area contributed by atoms with Crippen LogP contribution in [-0.4, -0.2) is 48.0 Å². The van der Waals surface area contributed by atoms with Gasteiger partial charge in [0.1, 0.15) is 0 Å². The average molecular weight is 535 g/mol. The van der Waals surface area contributed by atoms with Gasteiger partial charge in [0.15, 0.2) is 5.11 Å². The van der Waals surface area contributed by atoms with Crippen molar-refractivity contribution in [2.45, 2.75) is 6.92 Å². The van der Waals surface area contributed by atoms with Crippen molar-refractivity contribution in [2.24, 2.45) is 0 Å². The van der Waals surface area contributed by atoms with Crippen molar-refractivity contribution < 1.29 is 9.59 Å². The summed E-state index contributed by atoms with van der Waals surface area (Å²) in [5, 5.41) is 6.07. The fraction of sp³-hybridized carbons (Fsp3) is 0.156. The van der Waals surface area contributed by atoms with Crippen molar-refractivity contribution in [2.75, 3.05) is 36.4 Å². The summed E-state index contributed by atoms with van der Waals surface area (Å²) in [4.78, 5) is 29.8. The van der Waals surface area contributed by atoms with Crippen LogP contribution in [0.5, 0.6) is 0 Å². The monoisotopic (exact) mass is 534 g/mol. The first kappa shape index (κ1) is 26.1. The summed E-state index contributed by atoms with van der Waals surface area (Å²) < 4.78 is 0. The number of hydrogen-bond donors (Lipinski definition) is 2. The predicted molar refractivity (Wildman–Crippen MR) is 161 cm³/mol. The Labute approximate surface area is 234 Å². The Morgan fingerprint density at radius 1 is 0.718 bits per heavy atom. The van der Waals surface area contributed by atoms with E-state index in [1.165, 1.54) is 0 Å². The van der Waals surface area contributed by atoms with Crippen LogP contribution in [0.15, 0.2) is 103 Å². The van der Waals surface area contributed by atoms with E-state index in [0.29, 0.717) is 18.7 Å². The molecule has 0 aliphatic carbocycles. The first-order valence-corrected chi connectivity index (χ1v) is 13.4. The van der Waals surface area contributed by atoms with E-state index in [1.807, 2.05) is 103 Å². The third-order valence-corrected chi connectivity index (χ3v) is 7.12. The molecule has 2 N–H and O–H groups in total. The zero-order chi connectivity index (χ0) is 27.2. The van der Waals surface area contributed by atoms with Gasteiger partial charge >= 0.3 is 0 Å². The van der Waals surface area contributed by atoms with Crippen molar-refractivity contribution in [3.63, 3.8) is 0 Å². The van der Waals surface area contributed by atoms with Gasteiger partial charge in [0.2, 0.25) is 0 Å². The third kappa shape index (κ3) is 6.33. The number of piperazine rings is 1. The molecule has 1 heterocycles. The van der Waals surface area contributed by atoms with Crippen LogP contribution in [0.25, 0.3) is 11.1 Å². The Morgan fingerprint density at radius 3 is 2.00 bits per heavy atom. The van der Waals surface area contributed by atoms with E-state index in [9.17, 15) is 9.59 Å². The van der Waals surface area contributed by atoms with Crippen LogP contribution >= 0.6 is 12.2 Å². The third-order valence-electron chi connectivity index (χ3n) is 6.91. The van der Waals surface area contributed by atoms with Crippen molar-refractivity contribution in [1.82, 2.24) is 10.2 Å². The number of carbonyl (C=O) groups excluding carboxylic acids is 2. The largest absolute Gasteiger partial charge is 0.368 e. The van der Waals surface area contributed by atoms with Gasteiger partial charge in [-0.05, 0) is 78.3 Å². The van der Waals surface area contributed by atoms with Crippen LogP contribution in [0.4, 0.5) is 11.4 Å². The van der Waals surface area contributed by atoms with Crippen molar-refractivity contribution in [3.8, 4) is 11.1 Å². The number of hydrogen-bond acceptors (Lipinski definition) is 4. The molecule has 1 aliphatic rings. The highest BCUT2D eigenvalue weighted by molar-refractivity contribution is 7.80. The van der Waals surface area contributed by atoms with Gasteiger partial charge in [-0.3, -0.25) is 14.9 Å². The van der Waals surface area contributed by atoms with Gasteiger partial charge in [-0.1, -0.05) is 60.7 Å². The highest BCUT2D eigenvalue weighted by Gasteiger charge is 2.23. The lowest BCUT2D eigenvalue weighted by Gasteiger charge is -2.36. The fourth-order valence-electron chi connectivity index (χ4n) is 4.69. The van der Waals surface area contributed by atoms with Gasteiger partial charge < -0.3 is 15.1 Å². The lowest BCUT2D eigenvalue weighted by atomic mass is 10.0. The highest BCUT2D eigenvalue weighted by Crippen LogP contribution is 2.22. The maximum absolute atomic E-state index is 12.9. The van der Waals surface area contributed by atoms with E-state index < -0.39 is 0 Å². The SMILES string of the molecule is Cc1ccccc1C(=O)N1CCN(c2ccc(NC(=S)NC(=O)c3ccc(-c4ccccc4)cc3)cc2)CC1. The molecule has 6 nitrogen and oxygen atoms in total. The number of rotatable bonds is 5.